The van der Waals surface area contributed by atoms with E-state index in [0.717, 1.165) is 19.4 Å². The van der Waals surface area contributed by atoms with Gasteiger partial charge in [0, 0.05) is 29.6 Å². The van der Waals surface area contributed by atoms with E-state index in [0.29, 0.717) is 18.4 Å². The van der Waals surface area contributed by atoms with Gasteiger partial charge >= 0.3 is 0 Å². The van der Waals surface area contributed by atoms with Gasteiger partial charge in [-0.05, 0) is 46.9 Å². The molecule has 3 aromatic carbocycles. The third-order valence-electron chi connectivity index (χ3n) is 6.22. The van der Waals surface area contributed by atoms with Crippen LogP contribution in [-0.2, 0) is 6.54 Å². The van der Waals surface area contributed by atoms with Crippen molar-refractivity contribution >= 4 is 32.4 Å². The molecule has 2 nitrogen and oxygen atoms in total. The van der Waals surface area contributed by atoms with Crippen LogP contribution in [0.1, 0.15) is 31.4 Å². The maximum absolute atomic E-state index is 9.40. The van der Waals surface area contributed by atoms with Crippen molar-refractivity contribution in [3.8, 4) is 0 Å². The van der Waals surface area contributed by atoms with Crippen molar-refractivity contribution in [3.63, 3.8) is 0 Å². The van der Waals surface area contributed by atoms with Gasteiger partial charge in [-0.2, -0.15) is 0 Å². The van der Waals surface area contributed by atoms with Gasteiger partial charge in [-0.3, -0.25) is 0 Å². The number of aryl methyl sites for hydroxylation is 1. The molecule has 2 atom stereocenters. The molecule has 25 heavy (non-hydrogen) atoms. The number of rotatable bonds is 2. The summed E-state index contributed by atoms with van der Waals surface area (Å²) in [4.78, 5) is 0. The summed E-state index contributed by atoms with van der Waals surface area (Å²) in [6, 6.07) is 20.0. The highest BCUT2D eigenvalue weighted by atomic mass is 16.3. The van der Waals surface area contributed by atoms with Gasteiger partial charge < -0.3 is 9.67 Å². The van der Waals surface area contributed by atoms with Gasteiger partial charge in [-0.15, -0.1) is 0 Å². The molecule has 1 aliphatic heterocycles. The Bertz CT molecular complexity index is 1090. The second-order valence-corrected chi connectivity index (χ2v) is 7.42. The van der Waals surface area contributed by atoms with Gasteiger partial charge in [-0.1, -0.05) is 55.5 Å². The van der Waals surface area contributed by atoms with Crippen LogP contribution in [0.4, 0.5) is 0 Å². The van der Waals surface area contributed by atoms with E-state index in [2.05, 4.69) is 66.1 Å². The van der Waals surface area contributed by atoms with Crippen LogP contribution in [0.2, 0.25) is 0 Å². The first-order chi connectivity index (χ1) is 12.3. The Kier molecular flexibility index (Phi) is 3.36. The highest BCUT2D eigenvalue weighted by molar-refractivity contribution is 6.24. The highest BCUT2D eigenvalue weighted by Gasteiger charge is 2.28. The molecule has 2 heteroatoms. The average Bonchev–Trinajstić information content (AvgIpc) is 3.05. The molecule has 0 spiro atoms. The predicted molar refractivity (Wildman–Crippen MR) is 105 cm³/mol. The van der Waals surface area contributed by atoms with E-state index < -0.39 is 0 Å². The summed E-state index contributed by atoms with van der Waals surface area (Å²) in [7, 11) is 0. The van der Waals surface area contributed by atoms with Gasteiger partial charge in [0.1, 0.15) is 0 Å². The van der Waals surface area contributed by atoms with Crippen LogP contribution in [0.3, 0.4) is 0 Å². The molecule has 2 unspecified atom stereocenters. The van der Waals surface area contributed by atoms with Crippen LogP contribution in [0, 0.1) is 5.92 Å². The van der Waals surface area contributed by atoms with Gasteiger partial charge in [-0.25, -0.2) is 0 Å². The third kappa shape index (κ3) is 2.07. The summed E-state index contributed by atoms with van der Waals surface area (Å²) in [6.07, 6.45) is 2.06. The molecule has 5 rings (SSSR count). The summed E-state index contributed by atoms with van der Waals surface area (Å²) in [5.41, 5.74) is 2.82. The molecule has 0 saturated heterocycles. The van der Waals surface area contributed by atoms with Crippen molar-refractivity contribution < 1.29 is 5.11 Å². The zero-order valence-electron chi connectivity index (χ0n) is 14.6. The lowest BCUT2D eigenvalue weighted by Crippen LogP contribution is -2.23. The third-order valence-corrected chi connectivity index (χ3v) is 6.22. The maximum Gasteiger partial charge on any atom is 0.0568 e. The van der Waals surface area contributed by atoms with E-state index in [1.807, 2.05) is 0 Å². The fourth-order valence-corrected chi connectivity index (χ4v) is 4.91. The van der Waals surface area contributed by atoms with Crippen molar-refractivity contribution in [3.05, 3.63) is 60.3 Å². The van der Waals surface area contributed by atoms with Crippen LogP contribution < -0.4 is 0 Å². The zero-order valence-corrected chi connectivity index (χ0v) is 14.6. The van der Waals surface area contributed by atoms with Crippen LogP contribution >= 0.6 is 0 Å². The van der Waals surface area contributed by atoms with Crippen molar-refractivity contribution in [2.45, 2.75) is 32.2 Å². The van der Waals surface area contributed by atoms with E-state index in [4.69, 9.17) is 0 Å². The van der Waals surface area contributed by atoms with E-state index >= 15 is 0 Å². The number of aromatic nitrogens is 1. The first-order valence-corrected chi connectivity index (χ1v) is 9.33. The van der Waals surface area contributed by atoms with Crippen molar-refractivity contribution in [2.75, 3.05) is 6.61 Å². The Balaban J connectivity index is 1.90. The molecular formula is C23H23NO. The van der Waals surface area contributed by atoms with E-state index in [9.17, 15) is 5.11 Å². The average molecular weight is 329 g/mol. The fourth-order valence-electron chi connectivity index (χ4n) is 4.91. The van der Waals surface area contributed by atoms with Crippen molar-refractivity contribution in [1.29, 1.82) is 0 Å². The Labute approximate surface area is 147 Å². The quantitative estimate of drug-likeness (QED) is 0.486. The van der Waals surface area contributed by atoms with Crippen molar-refractivity contribution in [2.24, 2.45) is 5.92 Å². The van der Waals surface area contributed by atoms with E-state index in [1.165, 1.54) is 38.1 Å². The summed E-state index contributed by atoms with van der Waals surface area (Å²) < 4.78 is 2.54. The fraction of sp³-hybridized carbons (Fsp3) is 0.304. The molecule has 1 aliphatic rings. The second kappa shape index (κ2) is 5.60. The van der Waals surface area contributed by atoms with Crippen LogP contribution in [0.15, 0.2) is 54.6 Å². The molecule has 126 valence electrons. The Morgan fingerprint density at radius 3 is 2.20 bits per heavy atom. The number of benzene rings is 3. The molecule has 0 aliphatic carbocycles. The minimum absolute atomic E-state index is 0.293. The molecule has 4 aromatic rings. The Hall–Kier alpha value is -2.32. The predicted octanol–water partition coefficient (Wildman–Crippen LogP) is 5.45. The molecule has 1 N–H and O–H groups in total. The zero-order chi connectivity index (χ0) is 17.0. The summed E-state index contributed by atoms with van der Waals surface area (Å²) in [5.74, 6) is 1.07. The SMILES string of the molecule is CC1c2cc3c4ccccc4c4ccccc4c3n2CCC1CCO. The number of aliphatic hydroxyl groups is 1. The number of hydrogen-bond acceptors (Lipinski definition) is 1. The number of hydrogen-bond donors (Lipinski definition) is 1. The number of fused-ring (bicyclic) bond motifs is 8. The highest BCUT2D eigenvalue weighted by Crippen LogP contribution is 2.43. The first kappa shape index (κ1) is 15.0. The summed E-state index contributed by atoms with van der Waals surface area (Å²) in [5, 5.41) is 16.2. The first-order valence-electron chi connectivity index (χ1n) is 9.33. The van der Waals surface area contributed by atoms with Crippen LogP contribution in [0.25, 0.3) is 32.4 Å². The van der Waals surface area contributed by atoms with Crippen LogP contribution in [0.5, 0.6) is 0 Å². The number of aliphatic hydroxyl groups excluding tert-OH is 1. The molecular weight excluding hydrogens is 306 g/mol. The minimum atomic E-state index is 0.293. The van der Waals surface area contributed by atoms with E-state index in [-0.39, 0.29) is 0 Å². The molecule has 0 fully saturated rings. The Morgan fingerprint density at radius 1 is 0.920 bits per heavy atom. The number of nitrogens with zero attached hydrogens (tertiary/aromatic N) is 1. The summed E-state index contributed by atoms with van der Waals surface area (Å²) in [6.45, 7) is 3.67. The van der Waals surface area contributed by atoms with Crippen molar-refractivity contribution in [1.82, 2.24) is 4.57 Å². The second-order valence-electron chi connectivity index (χ2n) is 7.42. The minimum Gasteiger partial charge on any atom is -0.396 e. The van der Waals surface area contributed by atoms with Crippen LogP contribution in [-0.4, -0.2) is 16.3 Å². The smallest absolute Gasteiger partial charge is 0.0568 e. The largest absolute Gasteiger partial charge is 0.396 e. The van der Waals surface area contributed by atoms with E-state index in [1.54, 1.807) is 0 Å². The summed E-state index contributed by atoms with van der Waals surface area (Å²) >= 11 is 0. The molecule has 0 saturated carbocycles. The monoisotopic (exact) mass is 329 g/mol. The van der Waals surface area contributed by atoms with Gasteiger partial charge in [0.2, 0.25) is 0 Å². The lowest BCUT2D eigenvalue weighted by molar-refractivity contribution is 0.222. The van der Waals surface area contributed by atoms with Gasteiger partial charge in [0.05, 0.1) is 5.52 Å². The molecule has 0 amide bonds. The standard InChI is InChI=1S/C23H23NO/c1-15-16(11-13-25)10-12-24-22(15)14-21-19-8-3-2-6-17(19)18-7-4-5-9-20(18)23(21)24/h2-9,14-16,25H,10-13H2,1H3. The maximum atomic E-state index is 9.40. The Morgan fingerprint density at radius 2 is 1.52 bits per heavy atom. The molecule has 2 heterocycles. The van der Waals surface area contributed by atoms with Gasteiger partial charge in [0.25, 0.3) is 0 Å². The normalized spacial score (nSPS) is 20.4. The lowest BCUT2D eigenvalue weighted by Gasteiger charge is -2.31. The molecule has 0 radical (unpaired) electrons. The topological polar surface area (TPSA) is 25.2 Å². The molecule has 0 bridgehead atoms. The van der Waals surface area contributed by atoms with Gasteiger partial charge in [0.15, 0.2) is 0 Å². The lowest BCUT2D eigenvalue weighted by atomic mass is 9.83. The molecule has 1 aromatic heterocycles.